The number of benzene rings is 1. The van der Waals surface area contributed by atoms with Crippen LogP contribution in [-0.2, 0) is 6.42 Å². The molecule has 3 nitrogen and oxygen atoms in total. The van der Waals surface area contributed by atoms with Crippen molar-refractivity contribution in [2.24, 2.45) is 0 Å². The van der Waals surface area contributed by atoms with Crippen molar-refractivity contribution < 1.29 is 9.47 Å². The zero-order chi connectivity index (χ0) is 11.8. The lowest BCUT2D eigenvalue weighted by atomic mass is 10.1. The molecule has 0 aliphatic heterocycles. The van der Waals surface area contributed by atoms with Crippen LogP contribution in [0.5, 0.6) is 11.5 Å². The third kappa shape index (κ3) is 3.74. The molecule has 0 spiro atoms. The topological polar surface area (TPSA) is 30.5 Å². The van der Waals surface area contributed by atoms with Crippen molar-refractivity contribution in [3.8, 4) is 11.5 Å². The van der Waals surface area contributed by atoms with E-state index in [9.17, 15) is 0 Å². The fraction of sp³-hybridized carbons (Fsp3) is 0.538. The van der Waals surface area contributed by atoms with Crippen molar-refractivity contribution in [3.63, 3.8) is 0 Å². The summed E-state index contributed by atoms with van der Waals surface area (Å²) in [6, 6.07) is 6.04. The molecule has 90 valence electrons. The molecule has 0 amide bonds. The van der Waals surface area contributed by atoms with Gasteiger partial charge in [0.25, 0.3) is 0 Å². The molecule has 0 saturated heterocycles. The van der Waals surface area contributed by atoms with Crippen LogP contribution in [0.1, 0.15) is 19.4 Å². The van der Waals surface area contributed by atoms with Gasteiger partial charge in [-0.2, -0.15) is 0 Å². The molecular weight excluding hydrogens is 202 g/mol. The SMILES string of the molecule is CCOc1ccc(CCNC)c(OCC)c1. The second-order valence-corrected chi connectivity index (χ2v) is 3.49. The third-order valence-corrected chi connectivity index (χ3v) is 2.29. The van der Waals surface area contributed by atoms with Gasteiger partial charge in [-0.05, 0) is 45.5 Å². The second kappa shape index (κ2) is 7.12. The lowest BCUT2D eigenvalue weighted by Gasteiger charge is -2.12. The first kappa shape index (κ1) is 12.8. The van der Waals surface area contributed by atoms with Gasteiger partial charge in [-0.25, -0.2) is 0 Å². The van der Waals surface area contributed by atoms with Gasteiger partial charge < -0.3 is 14.8 Å². The lowest BCUT2D eigenvalue weighted by Crippen LogP contribution is -2.11. The predicted molar refractivity (Wildman–Crippen MR) is 66.4 cm³/mol. The van der Waals surface area contributed by atoms with Crippen molar-refractivity contribution in [1.82, 2.24) is 5.32 Å². The summed E-state index contributed by atoms with van der Waals surface area (Å²) in [5, 5.41) is 3.14. The van der Waals surface area contributed by atoms with Gasteiger partial charge in [0.1, 0.15) is 11.5 Å². The van der Waals surface area contributed by atoms with Crippen LogP contribution in [0, 0.1) is 0 Å². The maximum atomic E-state index is 5.61. The average molecular weight is 223 g/mol. The standard InChI is InChI=1S/C13H21NO2/c1-4-15-12-7-6-11(8-9-14-3)13(10-12)16-5-2/h6-7,10,14H,4-5,8-9H2,1-3H3. The Kier molecular flexibility index (Phi) is 5.72. The van der Waals surface area contributed by atoms with E-state index < -0.39 is 0 Å². The molecule has 0 aromatic heterocycles. The summed E-state index contributed by atoms with van der Waals surface area (Å²) in [5.41, 5.74) is 1.22. The third-order valence-electron chi connectivity index (χ3n) is 2.29. The normalized spacial score (nSPS) is 10.2. The number of hydrogen-bond acceptors (Lipinski definition) is 3. The van der Waals surface area contributed by atoms with Crippen LogP contribution in [0.15, 0.2) is 18.2 Å². The van der Waals surface area contributed by atoms with Crippen LogP contribution in [0.25, 0.3) is 0 Å². The quantitative estimate of drug-likeness (QED) is 0.769. The van der Waals surface area contributed by atoms with Crippen LogP contribution in [0.2, 0.25) is 0 Å². The van der Waals surface area contributed by atoms with Gasteiger partial charge >= 0.3 is 0 Å². The smallest absolute Gasteiger partial charge is 0.126 e. The summed E-state index contributed by atoms with van der Waals surface area (Å²) in [6.07, 6.45) is 0.970. The van der Waals surface area contributed by atoms with Crippen molar-refractivity contribution >= 4 is 0 Å². The molecule has 1 rings (SSSR count). The van der Waals surface area contributed by atoms with Crippen LogP contribution in [0.4, 0.5) is 0 Å². The van der Waals surface area contributed by atoms with Crippen LogP contribution in [-0.4, -0.2) is 26.8 Å². The molecule has 0 atom stereocenters. The van der Waals surface area contributed by atoms with Crippen molar-refractivity contribution in [2.45, 2.75) is 20.3 Å². The van der Waals surface area contributed by atoms with E-state index in [1.807, 2.05) is 33.0 Å². The first-order valence-corrected chi connectivity index (χ1v) is 5.84. The monoisotopic (exact) mass is 223 g/mol. The van der Waals surface area contributed by atoms with Crippen molar-refractivity contribution in [1.29, 1.82) is 0 Å². The van der Waals surface area contributed by atoms with Crippen LogP contribution in [0.3, 0.4) is 0 Å². The summed E-state index contributed by atoms with van der Waals surface area (Å²) >= 11 is 0. The molecular formula is C13H21NO2. The van der Waals surface area contributed by atoms with Gasteiger partial charge in [-0.3, -0.25) is 0 Å². The first-order chi connectivity index (χ1) is 7.81. The molecule has 1 aromatic rings. The maximum Gasteiger partial charge on any atom is 0.126 e. The molecule has 0 radical (unpaired) electrons. The van der Waals surface area contributed by atoms with E-state index in [-0.39, 0.29) is 0 Å². The molecule has 1 aromatic carbocycles. The summed E-state index contributed by atoms with van der Waals surface area (Å²) in [4.78, 5) is 0. The molecule has 3 heteroatoms. The Morgan fingerprint density at radius 2 is 1.88 bits per heavy atom. The fourth-order valence-electron chi connectivity index (χ4n) is 1.55. The Morgan fingerprint density at radius 1 is 1.12 bits per heavy atom. The average Bonchev–Trinajstić information content (AvgIpc) is 2.29. The lowest BCUT2D eigenvalue weighted by molar-refractivity contribution is 0.320. The Morgan fingerprint density at radius 3 is 2.50 bits per heavy atom. The van der Waals surface area contributed by atoms with Gasteiger partial charge in [0.2, 0.25) is 0 Å². The highest BCUT2D eigenvalue weighted by molar-refractivity contribution is 5.41. The number of hydrogen-bond donors (Lipinski definition) is 1. The second-order valence-electron chi connectivity index (χ2n) is 3.49. The van der Waals surface area contributed by atoms with E-state index in [1.54, 1.807) is 0 Å². The summed E-state index contributed by atoms with van der Waals surface area (Å²) < 4.78 is 11.1. The van der Waals surface area contributed by atoms with Crippen LogP contribution < -0.4 is 14.8 Å². The van der Waals surface area contributed by atoms with E-state index in [1.165, 1.54) is 5.56 Å². The van der Waals surface area contributed by atoms with Gasteiger partial charge in [0.05, 0.1) is 13.2 Å². The minimum Gasteiger partial charge on any atom is -0.494 e. The van der Waals surface area contributed by atoms with Gasteiger partial charge in [0, 0.05) is 6.07 Å². The fourth-order valence-corrected chi connectivity index (χ4v) is 1.55. The Labute approximate surface area is 97.8 Å². The van der Waals surface area contributed by atoms with Gasteiger partial charge in [0.15, 0.2) is 0 Å². The predicted octanol–water partition coefficient (Wildman–Crippen LogP) is 2.25. The minimum absolute atomic E-state index is 0.682. The minimum atomic E-state index is 0.682. The van der Waals surface area contributed by atoms with Crippen molar-refractivity contribution in [3.05, 3.63) is 23.8 Å². The number of nitrogens with one attached hydrogen (secondary N) is 1. The molecule has 1 N–H and O–H groups in total. The molecule has 16 heavy (non-hydrogen) atoms. The Hall–Kier alpha value is -1.22. The van der Waals surface area contributed by atoms with E-state index >= 15 is 0 Å². The van der Waals surface area contributed by atoms with Gasteiger partial charge in [-0.15, -0.1) is 0 Å². The summed E-state index contributed by atoms with van der Waals surface area (Å²) in [6.45, 7) is 6.29. The van der Waals surface area contributed by atoms with Crippen LogP contribution >= 0.6 is 0 Å². The first-order valence-electron chi connectivity index (χ1n) is 5.84. The number of ether oxygens (including phenoxy) is 2. The maximum absolute atomic E-state index is 5.61. The molecule has 0 saturated carbocycles. The Bertz CT molecular complexity index is 313. The van der Waals surface area contributed by atoms with E-state index in [2.05, 4.69) is 11.4 Å². The molecule has 0 unspecified atom stereocenters. The highest BCUT2D eigenvalue weighted by atomic mass is 16.5. The molecule has 0 bridgehead atoms. The number of rotatable bonds is 7. The van der Waals surface area contributed by atoms with Gasteiger partial charge in [-0.1, -0.05) is 6.07 Å². The highest BCUT2D eigenvalue weighted by Gasteiger charge is 2.05. The molecule has 0 aliphatic carbocycles. The highest BCUT2D eigenvalue weighted by Crippen LogP contribution is 2.25. The summed E-state index contributed by atoms with van der Waals surface area (Å²) in [7, 11) is 1.95. The largest absolute Gasteiger partial charge is 0.494 e. The molecule has 0 fully saturated rings. The summed E-state index contributed by atoms with van der Waals surface area (Å²) in [5.74, 6) is 1.81. The molecule has 0 aliphatic rings. The Balaban J connectivity index is 2.80. The van der Waals surface area contributed by atoms with Crippen molar-refractivity contribution in [2.75, 3.05) is 26.8 Å². The van der Waals surface area contributed by atoms with E-state index in [4.69, 9.17) is 9.47 Å². The van der Waals surface area contributed by atoms with E-state index in [0.717, 1.165) is 24.5 Å². The number of likely N-dealkylation sites (N-methyl/N-ethyl adjacent to an activating group) is 1. The molecule has 0 heterocycles. The zero-order valence-electron chi connectivity index (χ0n) is 10.4. The van der Waals surface area contributed by atoms with E-state index in [0.29, 0.717) is 13.2 Å². The zero-order valence-corrected chi connectivity index (χ0v) is 10.4.